The van der Waals surface area contributed by atoms with Crippen LogP contribution in [0.2, 0.25) is 0 Å². The summed E-state index contributed by atoms with van der Waals surface area (Å²) in [7, 11) is 1.07. The normalized spacial score (nSPS) is 22.1. The topological polar surface area (TPSA) is 63.2 Å². The molecular weight excluding hydrogens is 361 g/mol. The van der Waals surface area contributed by atoms with Crippen LogP contribution in [-0.4, -0.2) is 20.4 Å². The van der Waals surface area contributed by atoms with E-state index in [1.54, 1.807) is 0 Å². The molecule has 1 N–H and O–H groups in total. The van der Waals surface area contributed by atoms with E-state index in [0.29, 0.717) is 5.92 Å². The Kier molecular flexibility index (Phi) is 3.90. The third-order valence-electron chi connectivity index (χ3n) is 2.95. The fourth-order valence-corrected chi connectivity index (χ4v) is 3.74. The van der Waals surface area contributed by atoms with Crippen molar-refractivity contribution in [2.24, 2.45) is 5.92 Å². The molecule has 0 radical (unpaired) electrons. The van der Waals surface area contributed by atoms with E-state index in [4.69, 9.17) is 10.7 Å². The van der Waals surface area contributed by atoms with Crippen LogP contribution in [0, 0.1) is 11.7 Å². The van der Waals surface area contributed by atoms with Crippen LogP contribution in [0.1, 0.15) is 23.7 Å². The molecule has 19 heavy (non-hydrogen) atoms. The zero-order chi connectivity index (χ0) is 14.4. The number of carbonyl (C=O) groups excluding carboxylic acids is 1. The van der Waals surface area contributed by atoms with Crippen LogP contribution < -0.4 is 5.32 Å². The van der Waals surface area contributed by atoms with Crippen molar-refractivity contribution in [2.75, 3.05) is 0 Å². The van der Waals surface area contributed by atoms with Crippen LogP contribution in [0.5, 0.6) is 0 Å². The molecule has 0 heterocycles. The van der Waals surface area contributed by atoms with Gasteiger partial charge in [-0.15, -0.1) is 0 Å². The van der Waals surface area contributed by atoms with E-state index >= 15 is 0 Å². The summed E-state index contributed by atoms with van der Waals surface area (Å²) in [5.74, 6) is -0.974. The van der Waals surface area contributed by atoms with Gasteiger partial charge in [-0.1, -0.05) is 6.92 Å². The molecule has 0 saturated heterocycles. The van der Waals surface area contributed by atoms with Crippen molar-refractivity contribution >= 4 is 41.6 Å². The number of benzene rings is 1. The lowest BCUT2D eigenvalue weighted by atomic mass is 10.2. The summed E-state index contributed by atoms with van der Waals surface area (Å²) < 4.78 is 35.9. The first-order chi connectivity index (χ1) is 8.70. The number of nitrogens with one attached hydrogen (secondary N) is 1. The molecular formula is C11H10BrClFNO3S. The molecule has 1 saturated carbocycles. The highest BCUT2D eigenvalue weighted by molar-refractivity contribution is 9.10. The summed E-state index contributed by atoms with van der Waals surface area (Å²) in [5, 5.41) is 2.69. The summed E-state index contributed by atoms with van der Waals surface area (Å²) in [5.41, 5.74) is -0.0703. The van der Waals surface area contributed by atoms with Gasteiger partial charge in [-0.3, -0.25) is 4.79 Å². The Morgan fingerprint density at radius 3 is 2.58 bits per heavy atom. The van der Waals surface area contributed by atoms with E-state index in [2.05, 4.69) is 21.2 Å². The molecule has 0 bridgehead atoms. The molecule has 104 valence electrons. The monoisotopic (exact) mass is 369 g/mol. The summed E-state index contributed by atoms with van der Waals surface area (Å²) in [6, 6.07) is 2.09. The van der Waals surface area contributed by atoms with Gasteiger partial charge in [0.2, 0.25) is 0 Å². The summed E-state index contributed by atoms with van der Waals surface area (Å²) in [4.78, 5) is 11.4. The van der Waals surface area contributed by atoms with E-state index in [-0.39, 0.29) is 16.1 Å². The molecule has 1 aliphatic carbocycles. The van der Waals surface area contributed by atoms with Gasteiger partial charge in [0, 0.05) is 22.3 Å². The van der Waals surface area contributed by atoms with E-state index < -0.39 is 25.7 Å². The van der Waals surface area contributed by atoms with Crippen LogP contribution in [0.15, 0.2) is 21.5 Å². The van der Waals surface area contributed by atoms with E-state index in [1.807, 2.05) is 6.92 Å². The molecule has 0 spiro atoms. The molecule has 0 aliphatic heterocycles. The van der Waals surface area contributed by atoms with Gasteiger partial charge in [0.05, 0.1) is 4.47 Å². The van der Waals surface area contributed by atoms with Crippen molar-refractivity contribution in [1.29, 1.82) is 0 Å². The van der Waals surface area contributed by atoms with Crippen molar-refractivity contribution in [3.63, 3.8) is 0 Å². The zero-order valence-electron chi connectivity index (χ0n) is 9.78. The number of hydrogen-bond donors (Lipinski definition) is 1. The molecule has 8 heteroatoms. The lowest BCUT2D eigenvalue weighted by molar-refractivity contribution is 0.0948. The van der Waals surface area contributed by atoms with Gasteiger partial charge in [-0.2, -0.15) is 0 Å². The first-order valence-corrected chi connectivity index (χ1v) is 8.55. The summed E-state index contributed by atoms with van der Waals surface area (Å²) in [6.07, 6.45) is 0.866. The maximum atomic E-state index is 13.6. The minimum atomic E-state index is -4.13. The van der Waals surface area contributed by atoms with Gasteiger partial charge >= 0.3 is 0 Å². The third kappa shape index (κ3) is 3.27. The Bertz CT molecular complexity index is 650. The van der Waals surface area contributed by atoms with Gasteiger partial charge in [-0.25, -0.2) is 12.8 Å². The Morgan fingerprint density at radius 1 is 1.53 bits per heavy atom. The van der Waals surface area contributed by atoms with Gasteiger partial charge < -0.3 is 5.32 Å². The number of amides is 1. The van der Waals surface area contributed by atoms with E-state index in [0.717, 1.165) is 18.6 Å². The first kappa shape index (κ1) is 14.7. The standard InChI is InChI=1S/C11H10BrClFNO3S/c1-5-2-8(5)15-11(16)6-3-7(14)10(12)9(4-6)19(13,17)18/h3-5,8H,2H2,1H3,(H,15,16). The van der Waals surface area contributed by atoms with Crippen molar-refractivity contribution in [3.05, 3.63) is 28.0 Å². The lowest BCUT2D eigenvalue weighted by Gasteiger charge is -2.07. The number of carbonyl (C=O) groups is 1. The predicted octanol–water partition coefficient (Wildman–Crippen LogP) is 2.65. The highest BCUT2D eigenvalue weighted by atomic mass is 79.9. The quantitative estimate of drug-likeness (QED) is 0.832. The maximum Gasteiger partial charge on any atom is 0.262 e. The lowest BCUT2D eigenvalue weighted by Crippen LogP contribution is -2.26. The average Bonchev–Trinajstić information content (AvgIpc) is 2.96. The van der Waals surface area contributed by atoms with Gasteiger partial charge in [0.25, 0.3) is 15.0 Å². The Hall–Kier alpha value is -0.660. The highest BCUT2D eigenvalue weighted by Crippen LogP contribution is 2.31. The third-order valence-corrected chi connectivity index (χ3v) is 5.36. The Morgan fingerprint density at radius 2 is 2.11 bits per heavy atom. The van der Waals surface area contributed by atoms with E-state index in [1.165, 1.54) is 0 Å². The van der Waals surface area contributed by atoms with Crippen LogP contribution in [0.4, 0.5) is 4.39 Å². The van der Waals surface area contributed by atoms with Crippen LogP contribution in [0.25, 0.3) is 0 Å². The van der Waals surface area contributed by atoms with Crippen molar-refractivity contribution < 1.29 is 17.6 Å². The minimum absolute atomic E-state index is 0.0651. The van der Waals surface area contributed by atoms with Crippen LogP contribution in [0.3, 0.4) is 0 Å². The summed E-state index contributed by atoms with van der Waals surface area (Å²) >= 11 is 2.80. The van der Waals surface area contributed by atoms with Gasteiger partial charge in [0.15, 0.2) is 0 Å². The van der Waals surface area contributed by atoms with Crippen LogP contribution in [-0.2, 0) is 9.05 Å². The second-order valence-corrected chi connectivity index (χ2v) is 7.83. The molecule has 1 aromatic carbocycles. The van der Waals surface area contributed by atoms with Crippen LogP contribution >= 0.6 is 26.6 Å². The molecule has 2 atom stereocenters. The molecule has 1 aliphatic rings. The largest absolute Gasteiger partial charge is 0.349 e. The minimum Gasteiger partial charge on any atom is -0.349 e. The Balaban J connectivity index is 2.36. The van der Waals surface area contributed by atoms with Gasteiger partial charge in [-0.05, 0) is 40.4 Å². The predicted molar refractivity (Wildman–Crippen MR) is 72.2 cm³/mol. The van der Waals surface area contributed by atoms with Gasteiger partial charge in [0.1, 0.15) is 10.7 Å². The zero-order valence-corrected chi connectivity index (χ0v) is 12.9. The molecule has 2 rings (SSSR count). The van der Waals surface area contributed by atoms with E-state index in [9.17, 15) is 17.6 Å². The fourth-order valence-electron chi connectivity index (χ4n) is 1.65. The average molecular weight is 371 g/mol. The smallest absolute Gasteiger partial charge is 0.262 e. The molecule has 1 amide bonds. The number of hydrogen-bond acceptors (Lipinski definition) is 3. The maximum absolute atomic E-state index is 13.6. The van der Waals surface area contributed by atoms with Crippen molar-refractivity contribution in [2.45, 2.75) is 24.3 Å². The van der Waals surface area contributed by atoms with Crippen molar-refractivity contribution in [1.82, 2.24) is 5.32 Å². The van der Waals surface area contributed by atoms with Crippen molar-refractivity contribution in [3.8, 4) is 0 Å². The fraction of sp³-hybridized carbons (Fsp3) is 0.364. The second kappa shape index (κ2) is 5.03. The SMILES string of the molecule is CC1CC1NC(=O)c1cc(F)c(Br)c(S(=O)(=O)Cl)c1. The summed E-state index contributed by atoms with van der Waals surface area (Å²) in [6.45, 7) is 1.97. The molecule has 1 aromatic rings. The number of rotatable bonds is 3. The highest BCUT2D eigenvalue weighted by Gasteiger charge is 2.34. The molecule has 0 aromatic heterocycles. The second-order valence-electron chi connectivity index (χ2n) is 4.50. The molecule has 4 nitrogen and oxygen atoms in total. The molecule has 1 fully saturated rings. The molecule has 2 unspecified atom stereocenters. The Labute approximate surface area is 122 Å². The first-order valence-electron chi connectivity index (χ1n) is 5.44. The number of halogens is 3.